The number of imidazole rings is 1. The molecule has 1 amide bonds. The number of aromatic nitrogens is 5. The second-order valence-electron chi connectivity index (χ2n) is 8.52. The average Bonchev–Trinajstić information content (AvgIpc) is 3.39. The van der Waals surface area contributed by atoms with Crippen LogP contribution in [0.5, 0.6) is 0 Å². The number of aryl methyl sites for hydroxylation is 1. The largest absolute Gasteiger partial charge is 0.365 e. The quantitative estimate of drug-likeness (QED) is 0.453. The first-order valence-corrected chi connectivity index (χ1v) is 11.0. The van der Waals surface area contributed by atoms with Gasteiger partial charge in [-0.3, -0.25) is 9.78 Å². The van der Waals surface area contributed by atoms with Crippen LogP contribution >= 0.6 is 0 Å². The van der Waals surface area contributed by atoms with Crippen LogP contribution in [0.2, 0.25) is 0 Å². The zero-order valence-electron chi connectivity index (χ0n) is 18.9. The third kappa shape index (κ3) is 4.21. The number of anilines is 2. The Kier molecular flexibility index (Phi) is 5.37. The van der Waals surface area contributed by atoms with E-state index in [1.54, 1.807) is 6.33 Å². The van der Waals surface area contributed by atoms with Crippen LogP contribution < -0.4 is 10.6 Å². The lowest BCUT2D eigenvalue weighted by atomic mass is 10.1. The molecule has 0 bridgehead atoms. The smallest absolute Gasteiger partial charge is 0.273 e. The van der Waals surface area contributed by atoms with Crippen LogP contribution in [-0.4, -0.2) is 41.4 Å². The minimum atomic E-state index is -0.0706. The van der Waals surface area contributed by atoms with E-state index in [2.05, 4.69) is 31.7 Å². The fraction of sp³-hybridized carbons (Fsp3) is 0.292. The number of amides is 1. The lowest BCUT2D eigenvalue weighted by Gasteiger charge is -2.19. The fourth-order valence-electron chi connectivity index (χ4n) is 3.96. The zero-order chi connectivity index (χ0) is 22.9. The normalized spacial score (nSPS) is 13.1. The van der Waals surface area contributed by atoms with Crippen LogP contribution in [0.25, 0.3) is 10.9 Å². The predicted octanol–water partition coefficient (Wildman–Crippen LogP) is 3.35. The van der Waals surface area contributed by atoms with Gasteiger partial charge in [0.1, 0.15) is 11.5 Å². The van der Waals surface area contributed by atoms with Crippen molar-refractivity contribution in [2.45, 2.75) is 39.5 Å². The average molecular weight is 443 g/mol. The van der Waals surface area contributed by atoms with Gasteiger partial charge in [-0.05, 0) is 31.5 Å². The van der Waals surface area contributed by atoms with Crippen molar-refractivity contribution in [2.75, 3.05) is 10.6 Å². The first kappa shape index (κ1) is 20.9. The Morgan fingerprint density at radius 1 is 1.09 bits per heavy atom. The summed E-state index contributed by atoms with van der Waals surface area (Å²) < 4.78 is 1.88. The minimum absolute atomic E-state index is 0.0706. The number of nitrogens with zero attached hydrogens (tertiary/aromatic N) is 6. The maximum Gasteiger partial charge on any atom is 0.273 e. The summed E-state index contributed by atoms with van der Waals surface area (Å²) in [6, 6.07) is 10.2. The standard InChI is InChI=1S/C24H26N8O/c1-15(2)32-13-19-21(23(32)33)29-24(27-11-18-12-31(3)14-28-18)30-22(19)26-10-16-8-17-6-4-5-7-20(17)25-9-16/h4-9,12,14-15H,10-11,13H2,1-3H3,(H2,26,27,29,30). The molecule has 5 rings (SSSR count). The molecule has 168 valence electrons. The van der Waals surface area contributed by atoms with Gasteiger partial charge in [-0.2, -0.15) is 4.98 Å². The van der Waals surface area contributed by atoms with Crippen molar-refractivity contribution in [3.63, 3.8) is 0 Å². The molecule has 0 unspecified atom stereocenters. The number of nitrogens with one attached hydrogen (secondary N) is 2. The summed E-state index contributed by atoms with van der Waals surface area (Å²) in [5.41, 5.74) is 4.14. The van der Waals surface area contributed by atoms with Gasteiger partial charge in [-0.1, -0.05) is 18.2 Å². The molecule has 0 atom stereocenters. The summed E-state index contributed by atoms with van der Waals surface area (Å²) in [6.45, 7) is 5.51. The van der Waals surface area contributed by atoms with E-state index < -0.39 is 0 Å². The highest BCUT2D eigenvalue weighted by Crippen LogP contribution is 2.30. The first-order chi connectivity index (χ1) is 16.0. The van der Waals surface area contributed by atoms with Gasteiger partial charge >= 0.3 is 0 Å². The Balaban J connectivity index is 1.42. The van der Waals surface area contributed by atoms with Crippen molar-refractivity contribution >= 4 is 28.6 Å². The zero-order valence-corrected chi connectivity index (χ0v) is 18.9. The molecule has 0 fully saturated rings. The molecule has 2 N–H and O–H groups in total. The third-order valence-electron chi connectivity index (χ3n) is 5.72. The van der Waals surface area contributed by atoms with Crippen LogP contribution in [-0.2, 0) is 26.7 Å². The van der Waals surface area contributed by atoms with E-state index in [1.807, 2.05) is 67.0 Å². The topological polar surface area (TPSA) is 101 Å². The highest BCUT2D eigenvalue weighted by Gasteiger charge is 2.34. The first-order valence-electron chi connectivity index (χ1n) is 11.0. The summed E-state index contributed by atoms with van der Waals surface area (Å²) in [6.07, 6.45) is 5.54. The molecule has 0 aliphatic carbocycles. The third-order valence-corrected chi connectivity index (χ3v) is 5.72. The van der Waals surface area contributed by atoms with Crippen molar-refractivity contribution < 1.29 is 4.79 Å². The molecule has 0 radical (unpaired) electrons. The molecule has 0 spiro atoms. The van der Waals surface area contributed by atoms with Gasteiger partial charge in [0.05, 0.1) is 30.6 Å². The van der Waals surface area contributed by atoms with Crippen molar-refractivity contribution in [1.29, 1.82) is 0 Å². The molecule has 33 heavy (non-hydrogen) atoms. The molecule has 4 aromatic rings. The Morgan fingerprint density at radius 2 is 1.94 bits per heavy atom. The highest BCUT2D eigenvalue weighted by molar-refractivity contribution is 5.98. The molecule has 9 nitrogen and oxygen atoms in total. The van der Waals surface area contributed by atoms with Crippen LogP contribution in [0.15, 0.2) is 49.1 Å². The SMILES string of the molecule is CC(C)N1Cc2c(NCc3cnc4ccccc4c3)nc(NCc3cn(C)cn3)nc2C1=O. The summed E-state index contributed by atoms with van der Waals surface area (Å²) in [5, 5.41) is 7.72. The van der Waals surface area contributed by atoms with Crippen LogP contribution in [0.3, 0.4) is 0 Å². The summed E-state index contributed by atoms with van der Waals surface area (Å²) in [4.78, 5) is 32.9. The van der Waals surface area contributed by atoms with Crippen LogP contribution in [0.4, 0.5) is 11.8 Å². The van der Waals surface area contributed by atoms with Gasteiger partial charge in [-0.15, -0.1) is 0 Å². The van der Waals surface area contributed by atoms with Crippen LogP contribution in [0, 0.1) is 0 Å². The molecule has 1 aliphatic heterocycles. The second-order valence-corrected chi connectivity index (χ2v) is 8.52. The van der Waals surface area contributed by atoms with Gasteiger partial charge in [0, 0.05) is 43.0 Å². The van der Waals surface area contributed by atoms with Gasteiger partial charge in [0.2, 0.25) is 5.95 Å². The van der Waals surface area contributed by atoms with Gasteiger partial charge < -0.3 is 20.1 Å². The Hall–Kier alpha value is -4.01. The Morgan fingerprint density at radius 3 is 2.73 bits per heavy atom. The Labute approximate surface area is 191 Å². The minimum Gasteiger partial charge on any atom is -0.365 e. The maximum absolute atomic E-state index is 13.0. The monoisotopic (exact) mass is 442 g/mol. The molecule has 0 saturated carbocycles. The summed E-state index contributed by atoms with van der Waals surface area (Å²) >= 11 is 0. The Bertz CT molecular complexity index is 1330. The van der Waals surface area contributed by atoms with Crippen molar-refractivity contribution in [3.8, 4) is 0 Å². The number of rotatable bonds is 7. The van der Waals surface area contributed by atoms with E-state index in [4.69, 9.17) is 4.98 Å². The van der Waals surface area contributed by atoms with Gasteiger partial charge in [0.25, 0.3) is 5.91 Å². The predicted molar refractivity (Wildman–Crippen MR) is 127 cm³/mol. The molecule has 0 saturated heterocycles. The number of benzene rings is 1. The number of pyridine rings is 1. The molecular formula is C24H26N8O. The van der Waals surface area contributed by atoms with E-state index in [9.17, 15) is 4.79 Å². The number of carbonyl (C=O) groups is 1. The number of carbonyl (C=O) groups excluding carboxylic acids is 1. The number of para-hydroxylation sites is 1. The molecular weight excluding hydrogens is 416 g/mol. The van der Waals surface area contributed by atoms with E-state index >= 15 is 0 Å². The fourth-order valence-corrected chi connectivity index (χ4v) is 3.96. The van der Waals surface area contributed by atoms with Gasteiger partial charge in [0.15, 0.2) is 0 Å². The van der Waals surface area contributed by atoms with Crippen molar-refractivity contribution in [2.24, 2.45) is 7.05 Å². The van der Waals surface area contributed by atoms with E-state index in [-0.39, 0.29) is 11.9 Å². The maximum atomic E-state index is 13.0. The number of hydrogen-bond acceptors (Lipinski definition) is 7. The van der Waals surface area contributed by atoms with Crippen molar-refractivity contribution in [1.82, 2.24) is 29.4 Å². The number of fused-ring (bicyclic) bond motifs is 2. The van der Waals surface area contributed by atoms with Crippen LogP contribution in [0.1, 0.15) is 41.2 Å². The summed E-state index contributed by atoms with van der Waals surface area (Å²) in [5.74, 6) is 0.990. The molecule has 1 aromatic carbocycles. The summed E-state index contributed by atoms with van der Waals surface area (Å²) in [7, 11) is 1.92. The highest BCUT2D eigenvalue weighted by atomic mass is 16.2. The lowest BCUT2D eigenvalue weighted by Crippen LogP contribution is -2.31. The van der Waals surface area contributed by atoms with Crippen molar-refractivity contribution in [3.05, 3.63) is 71.6 Å². The molecule has 1 aliphatic rings. The molecule has 4 heterocycles. The number of hydrogen-bond donors (Lipinski definition) is 2. The second kappa shape index (κ2) is 8.50. The lowest BCUT2D eigenvalue weighted by molar-refractivity contribution is 0.0726. The van der Waals surface area contributed by atoms with E-state index in [0.29, 0.717) is 37.1 Å². The van der Waals surface area contributed by atoms with Gasteiger partial charge in [-0.25, -0.2) is 9.97 Å². The molecule has 9 heteroatoms. The van der Waals surface area contributed by atoms with E-state index in [0.717, 1.165) is 27.7 Å². The molecule has 3 aromatic heterocycles. The van der Waals surface area contributed by atoms with E-state index in [1.165, 1.54) is 0 Å².